The Morgan fingerprint density at radius 2 is 2.05 bits per heavy atom. The first-order valence-corrected chi connectivity index (χ1v) is 7.16. The van der Waals surface area contributed by atoms with Crippen molar-refractivity contribution in [3.63, 3.8) is 0 Å². The summed E-state index contributed by atoms with van der Waals surface area (Å²) in [5.41, 5.74) is 0.717. The number of hydrogen-bond donors (Lipinski definition) is 0. The van der Waals surface area contributed by atoms with Crippen LogP contribution in [0.2, 0.25) is 0 Å². The van der Waals surface area contributed by atoms with Crippen molar-refractivity contribution in [3.05, 3.63) is 34.3 Å². The molecular formula is C15H22BrNO2. The summed E-state index contributed by atoms with van der Waals surface area (Å²) < 4.78 is 6.44. The van der Waals surface area contributed by atoms with Gasteiger partial charge in [-0.25, -0.2) is 0 Å². The van der Waals surface area contributed by atoms with Crippen LogP contribution in [0.15, 0.2) is 28.7 Å². The third-order valence-corrected chi connectivity index (χ3v) is 3.22. The third kappa shape index (κ3) is 5.74. The highest BCUT2D eigenvalue weighted by Crippen LogP contribution is 2.15. The van der Waals surface area contributed by atoms with Crippen molar-refractivity contribution in [2.45, 2.75) is 45.9 Å². The Labute approximate surface area is 124 Å². The van der Waals surface area contributed by atoms with Gasteiger partial charge in [-0.2, -0.15) is 0 Å². The molecule has 4 heteroatoms. The molecular weight excluding hydrogens is 306 g/mol. The molecule has 0 radical (unpaired) electrons. The topological polar surface area (TPSA) is 29.5 Å². The van der Waals surface area contributed by atoms with Crippen LogP contribution in [0, 0.1) is 0 Å². The van der Waals surface area contributed by atoms with Crippen LogP contribution in [-0.4, -0.2) is 29.6 Å². The van der Waals surface area contributed by atoms with E-state index in [9.17, 15) is 4.79 Å². The van der Waals surface area contributed by atoms with Gasteiger partial charge in [0.1, 0.15) is 11.6 Å². The van der Waals surface area contributed by atoms with E-state index < -0.39 is 5.60 Å². The minimum absolute atomic E-state index is 0.190. The maximum Gasteiger partial charge on any atom is 0.323 e. The van der Waals surface area contributed by atoms with Crippen LogP contribution in [0.5, 0.6) is 0 Å². The van der Waals surface area contributed by atoms with Crippen LogP contribution in [0.25, 0.3) is 0 Å². The summed E-state index contributed by atoms with van der Waals surface area (Å²) in [4.78, 5) is 14.0. The highest BCUT2D eigenvalue weighted by Gasteiger charge is 2.24. The first-order valence-electron chi connectivity index (χ1n) is 6.36. The van der Waals surface area contributed by atoms with Gasteiger partial charge in [0, 0.05) is 11.0 Å². The molecule has 1 unspecified atom stereocenters. The number of nitrogens with zero attached hydrogens (tertiary/aromatic N) is 1. The molecule has 1 aromatic carbocycles. The average molecular weight is 328 g/mol. The maximum atomic E-state index is 12.0. The van der Waals surface area contributed by atoms with Crippen molar-refractivity contribution in [1.29, 1.82) is 0 Å². The number of esters is 1. The molecule has 0 spiro atoms. The van der Waals surface area contributed by atoms with Gasteiger partial charge in [0.05, 0.1) is 0 Å². The normalized spacial score (nSPS) is 13.4. The molecule has 0 heterocycles. The molecule has 0 aliphatic heterocycles. The van der Waals surface area contributed by atoms with E-state index in [0.29, 0.717) is 6.54 Å². The molecule has 1 aromatic rings. The standard InChI is InChI=1S/C15H22BrNO2/c1-11(14(18)19-15(2,3)4)17(5)10-12-7-6-8-13(16)9-12/h6-9,11H,10H2,1-5H3. The zero-order valence-corrected chi connectivity index (χ0v) is 13.8. The lowest BCUT2D eigenvalue weighted by atomic mass is 10.1. The highest BCUT2D eigenvalue weighted by atomic mass is 79.9. The second-order valence-corrected chi connectivity index (χ2v) is 6.67. The predicted molar refractivity (Wildman–Crippen MR) is 80.9 cm³/mol. The van der Waals surface area contributed by atoms with Crippen molar-refractivity contribution >= 4 is 21.9 Å². The Hall–Kier alpha value is -0.870. The summed E-state index contributed by atoms with van der Waals surface area (Å²) in [5, 5.41) is 0. The number of carbonyl (C=O) groups excluding carboxylic acids is 1. The Balaban J connectivity index is 2.62. The monoisotopic (exact) mass is 327 g/mol. The van der Waals surface area contributed by atoms with Crippen LogP contribution in [0.1, 0.15) is 33.3 Å². The molecule has 0 fully saturated rings. The second kappa shape index (κ2) is 6.53. The largest absolute Gasteiger partial charge is 0.459 e. The Morgan fingerprint density at radius 3 is 2.58 bits per heavy atom. The average Bonchev–Trinajstić information content (AvgIpc) is 2.25. The smallest absolute Gasteiger partial charge is 0.323 e. The first kappa shape index (κ1) is 16.2. The fourth-order valence-electron chi connectivity index (χ4n) is 1.63. The summed E-state index contributed by atoms with van der Waals surface area (Å²) >= 11 is 3.45. The van der Waals surface area contributed by atoms with Crippen molar-refractivity contribution in [2.24, 2.45) is 0 Å². The fourth-order valence-corrected chi connectivity index (χ4v) is 2.07. The number of benzene rings is 1. The second-order valence-electron chi connectivity index (χ2n) is 5.75. The van der Waals surface area contributed by atoms with E-state index in [4.69, 9.17) is 4.74 Å². The Morgan fingerprint density at radius 1 is 1.42 bits per heavy atom. The third-order valence-electron chi connectivity index (χ3n) is 2.73. The van der Waals surface area contributed by atoms with Gasteiger partial charge in [0.15, 0.2) is 0 Å². The predicted octanol–water partition coefficient (Wildman–Crippen LogP) is 3.61. The molecule has 0 saturated carbocycles. The van der Waals surface area contributed by atoms with Crippen LogP contribution in [0.4, 0.5) is 0 Å². The van der Waals surface area contributed by atoms with E-state index in [1.54, 1.807) is 0 Å². The van der Waals surface area contributed by atoms with E-state index >= 15 is 0 Å². The van der Waals surface area contributed by atoms with Crippen molar-refractivity contribution in [1.82, 2.24) is 4.90 Å². The molecule has 3 nitrogen and oxygen atoms in total. The minimum atomic E-state index is -0.443. The first-order chi connectivity index (χ1) is 8.69. The lowest BCUT2D eigenvalue weighted by Crippen LogP contribution is -2.40. The van der Waals surface area contributed by atoms with Crippen LogP contribution in [-0.2, 0) is 16.1 Å². The van der Waals surface area contributed by atoms with Crippen LogP contribution >= 0.6 is 15.9 Å². The molecule has 106 valence electrons. The van der Waals surface area contributed by atoms with Crippen molar-refractivity contribution in [3.8, 4) is 0 Å². The Kier molecular flexibility index (Phi) is 5.56. The van der Waals surface area contributed by atoms with Crippen LogP contribution < -0.4 is 0 Å². The zero-order chi connectivity index (χ0) is 14.6. The minimum Gasteiger partial charge on any atom is -0.459 e. The summed E-state index contributed by atoms with van der Waals surface area (Å²) in [6, 6.07) is 7.81. The summed E-state index contributed by atoms with van der Waals surface area (Å²) in [6.45, 7) is 8.22. The summed E-state index contributed by atoms with van der Waals surface area (Å²) in [6.07, 6.45) is 0. The van der Waals surface area contributed by atoms with E-state index in [0.717, 1.165) is 10.0 Å². The number of hydrogen-bond acceptors (Lipinski definition) is 3. The van der Waals surface area contributed by atoms with E-state index in [-0.39, 0.29) is 12.0 Å². The molecule has 0 saturated heterocycles. The van der Waals surface area contributed by atoms with E-state index in [1.165, 1.54) is 0 Å². The van der Waals surface area contributed by atoms with Gasteiger partial charge in [-0.1, -0.05) is 28.1 Å². The van der Waals surface area contributed by atoms with E-state index in [1.807, 2.05) is 57.8 Å². The van der Waals surface area contributed by atoms with E-state index in [2.05, 4.69) is 22.0 Å². The zero-order valence-electron chi connectivity index (χ0n) is 12.2. The van der Waals surface area contributed by atoms with Crippen LogP contribution in [0.3, 0.4) is 0 Å². The molecule has 1 atom stereocenters. The SMILES string of the molecule is CC(C(=O)OC(C)(C)C)N(C)Cc1cccc(Br)c1. The molecule has 19 heavy (non-hydrogen) atoms. The van der Waals surface area contributed by atoms with Gasteiger partial charge in [-0.05, 0) is 52.4 Å². The molecule has 0 aliphatic rings. The molecule has 0 aliphatic carbocycles. The van der Waals surface area contributed by atoms with Gasteiger partial charge >= 0.3 is 5.97 Å². The molecule has 1 rings (SSSR count). The maximum absolute atomic E-state index is 12.0. The quantitative estimate of drug-likeness (QED) is 0.791. The van der Waals surface area contributed by atoms with Gasteiger partial charge in [-0.3, -0.25) is 9.69 Å². The van der Waals surface area contributed by atoms with Gasteiger partial charge in [0.2, 0.25) is 0 Å². The lowest BCUT2D eigenvalue weighted by molar-refractivity contribution is -0.160. The van der Waals surface area contributed by atoms with Gasteiger partial charge < -0.3 is 4.74 Å². The number of likely N-dealkylation sites (N-methyl/N-ethyl adjacent to an activating group) is 1. The molecule has 0 bridgehead atoms. The molecule has 0 N–H and O–H groups in total. The number of carbonyl (C=O) groups is 1. The number of halogens is 1. The fraction of sp³-hybridized carbons (Fsp3) is 0.533. The number of ether oxygens (including phenoxy) is 1. The lowest BCUT2D eigenvalue weighted by Gasteiger charge is -2.27. The highest BCUT2D eigenvalue weighted by molar-refractivity contribution is 9.10. The number of rotatable bonds is 4. The molecule has 0 aromatic heterocycles. The van der Waals surface area contributed by atoms with Gasteiger partial charge in [0.25, 0.3) is 0 Å². The van der Waals surface area contributed by atoms with Gasteiger partial charge in [-0.15, -0.1) is 0 Å². The van der Waals surface area contributed by atoms with Crippen molar-refractivity contribution < 1.29 is 9.53 Å². The van der Waals surface area contributed by atoms with Crippen molar-refractivity contribution in [2.75, 3.05) is 7.05 Å². The Bertz CT molecular complexity index is 440. The molecule has 0 amide bonds. The summed E-state index contributed by atoms with van der Waals surface area (Å²) in [5.74, 6) is -0.190. The summed E-state index contributed by atoms with van der Waals surface area (Å²) in [7, 11) is 1.93.